The fraction of sp³-hybridized carbons (Fsp3) is 0.188. The summed E-state index contributed by atoms with van der Waals surface area (Å²) < 4.78 is 5.24. The number of benzene rings is 1. The monoisotopic (exact) mass is 280 g/mol. The minimum absolute atomic E-state index is 0.268. The topological polar surface area (TPSA) is 77.8 Å². The molecule has 0 bridgehead atoms. The zero-order valence-corrected chi connectivity index (χ0v) is 11.5. The van der Waals surface area contributed by atoms with Gasteiger partial charge in [0.1, 0.15) is 5.69 Å². The number of nitrogens with two attached hydrogens (primary N) is 1. The predicted octanol–water partition coefficient (Wildman–Crippen LogP) is 2.76. The molecule has 0 saturated carbocycles. The van der Waals surface area contributed by atoms with Crippen LogP contribution in [0.1, 0.15) is 23.9 Å². The van der Waals surface area contributed by atoms with Crippen LogP contribution in [0.15, 0.2) is 59.3 Å². The first-order valence-electron chi connectivity index (χ1n) is 6.87. The van der Waals surface area contributed by atoms with Gasteiger partial charge in [-0.25, -0.2) is 0 Å². The second kappa shape index (κ2) is 6.28. The lowest BCUT2D eigenvalue weighted by Crippen LogP contribution is -2.11. The molecule has 0 amide bonds. The largest absolute Gasteiger partial charge is 0.337 e. The van der Waals surface area contributed by atoms with E-state index in [-0.39, 0.29) is 6.04 Å². The fourth-order valence-electron chi connectivity index (χ4n) is 2.08. The Morgan fingerprint density at radius 1 is 1.05 bits per heavy atom. The Bertz CT molecular complexity index is 682. The Morgan fingerprint density at radius 3 is 2.62 bits per heavy atom. The van der Waals surface area contributed by atoms with Crippen LogP contribution in [-0.2, 0) is 6.42 Å². The van der Waals surface area contributed by atoms with Crippen molar-refractivity contribution in [3.63, 3.8) is 0 Å². The Kier molecular flexibility index (Phi) is 4.02. The van der Waals surface area contributed by atoms with E-state index in [1.807, 2.05) is 36.4 Å². The van der Waals surface area contributed by atoms with Gasteiger partial charge >= 0.3 is 0 Å². The van der Waals surface area contributed by atoms with Crippen molar-refractivity contribution in [2.45, 2.75) is 18.9 Å². The molecule has 1 atom stereocenters. The normalized spacial score (nSPS) is 12.2. The van der Waals surface area contributed by atoms with Crippen LogP contribution in [0.25, 0.3) is 11.5 Å². The van der Waals surface area contributed by atoms with Crippen molar-refractivity contribution < 1.29 is 4.52 Å². The summed E-state index contributed by atoms with van der Waals surface area (Å²) >= 11 is 0. The van der Waals surface area contributed by atoms with Crippen LogP contribution in [0, 0.1) is 0 Å². The lowest BCUT2D eigenvalue weighted by Gasteiger charge is -2.06. The summed E-state index contributed by atoms with van der Waals surface area (Å²) in [7, 11) is 0. The summed E-state index contributed by atoms with van der Waals surface area (Å²) in [5.41, 5.74) is 8.05. The van der Waals surface area contributed by atoms with Crippen LogP contribution >= 0.6 is 0 Å². The molecule has 2 aromatic heterocycles. The molecule has 0 aliphatic carbocycles. The molecule has 0 fully saturated rings. The van der Waals surface area contributed by atoms with Crippen molar-refractivity contribution in [3.05, 3.63) is 66.2 Å². The van der Waals surface area contributed by atoms with Crippen molar-refractivity contribution in [2.75, 3.05) is 0 Å². The highest BCUT2D eigenvalue weighted by molar-refractivity contribution is 5.47. The Labute approximate surface area is 122 Å². The number of aryl methyl sites for hydroxylation is 1. The molecule has 0 aliphatic heterocycles. The average Bonchev–Trinajstić information content (AvgIpc) is 3.04. The van der Waals surface area contributed by atoms with E-state index >= 15 is 0 Å². The van der Waals surface area contributed by atoms with Gasteiger partial charge in [-0.3, -0.25) is 4.98 Å². The van der Waals surface area contributed by atoms with E-state index in [9.17, 15) is 0 Å². The first-order valence-corrected chi connectivity index (χ1v) is 6.87. The summed E-state index contributed by atoms with van der Waals surface area (Å²) in [6, 6.07) is 15.5. The van der Waals surface area contributed by atoms with E-state index in [1.54, 1.807) is 6.20 Å². The molecule has 0 aliphatic rings. The smallest absolute Gasteiger partial charge is 0.243 e. The van der Waals surface area contributed by atoms with E-state index in [2.05, 4.69) is 27.3 Å². The molecule has 2 N–H and O–H groups in total. The molecule has 3 rings (SSSR count). The van der Waals surface area contributed by atoms with Crippen molar-refractivity contribution in [3.8, 4) is 11.5 Å². The lowest BCUT2D eigenvalue weighted by atomic mass is 10.1. The van der Waals surface area contributed by atoms with Crippen LogP contribution in [-0.4, -0.2) is 15.1 Å². The highest BCUT2D eigenvalue weighted by Crippen LogP contribution is 2.18. The SMILES string of the molecule is N[C@@H](CCc1ccccc1)c1nc(-c2ccccn2)no1. The van der Waals surface area contributed by atoms with Gasteiger partial charge in [-0.15, -0.1) is 0 Å². The van der Waals surface area contributed by atoms with E-state index in [4.69, 9.17) is 10.3 Å². The van der Waals surface area contributed by atoms with Crippen LogP contribution in [0.4, 0.5) is 0 Å². The molecule has 2 heterocycles. The van der Waals surface area contributed by atoms with Gasteiger partial charge in [-0.2, -0.15) is 4.98 Å². The van der Waals surface area contributed by atoms with Crippen molar-refractivity contribution in [2.24, 2.45) is 5.73 Å². The van der Waals surface area contributed by atoms with Gasteiger partial charge in [0, 0.05) is 6.20 Å². The number of hydrogen-bond donors (Lipinski definition) is 1. The molecule has 5 heteroatoms. The van der Waals surface area contributed by atoms with Crippen LogP contribution in [0.5, 0.6) is 0 Å². The Hall–Kier alpha value is -2.53. The van der Waals surface area contributed by atoms with E-state index in [1.165, 1.54) is 5.56 Å². The molecule has 5 nitrogen and oxygen atoms in total. The van der Waals surface area contributed by atoms with E-state index in [0.717, 1.165) is 12.8 Å². The maximum Gasteiger partial charge on any atom is 0.243 e. The van der Waals surface area contributed by atoms with Gasteiger partial charge in [-0.05, 0) is 30.5 Å². The van der Waals surface area contributed by atoms with Crippen LogP contribution in [0.2, 0.25) is 0 Å². The Morgan fingerprint density at radius 2 is 1.86 bits per heavy atom. The van der Waals surface area contributed by atoms with Crippen LogP contribution < -0.4 is 5.73 Å². The molecule has 0 unspecified atom stereocenters. The van der Waals surface area contributed by atoms with Gasteiger partial charge < -0.3 is 10.3 Å². The average molecular weight is 280 g/mol. The standard InChI is InChI=1S/C16H16N4O/c17-13(10-9-12-6-2-1-3-7-12)16-19-15(20-21-16)14-8-4-5-11-18-14/h1-8,11,13H,9-10,17H2/t13-/m0/s1. The highest BCUT2D eigenvalue weighted by atomic mass is 16.5. The molecule has 21 heavy (non-hydrogen) atoms. The van der Waals surface area contributed by atoms with Gasteiger partial charge in [-0.1, -0.05) is 41.6 Å². The summed E-state index contributed by atoms with van der Waals surface area (Å²) in [4.78, 5) is 8.52. The second-order valence-corrected chi connectivity index (χ2v) is 4.80. The zero-order chi connectivity index (χ0) is 14.5. The van der Waals surface area contributed by atoms with Crippen molar-refractivity contribution >= 4 is 0 Å². The summed E-state index contributed by atoms with van der Waals surface area (Å²) in [6.45, 7) is 0. The van der Waals surface area contributed by atoms with Gasteiger partial charge in [0.2, 0.25) is 11.7 Å². The second-order valence-electron chi connectivity index (χ2n) is 4.80. The quantitative estimate of drug-likeness (QED) is 0.777. The number of hydrogen-bond acceptors (Lipinski definition) is 5. The molecular weight excluding hydrogens is 264 g/mol. The van der Waals surface area contributed by atoms with E-state index < -0.39 is 0 Å². The summed E-state index contributed by atoms with van der Waals surface area (Å²) in [5, 5.41) is 3.93. The highest BCUT2D eigenvalue weighted by Gasteiger charge is 2.16. The molecular formula is C16H16N4O. The van der Waals surface area contributed by atoms with Gasteiger partial charge in [0.15, 0.2) is 0 Å². The minimum atomic E-state index is -0.268. The third kappa shape index (κ3) is 3.32. The van der Waals surface area contributed by atoms with Gasteiger partial charge in [0.05, 0.1) is 6.04 Å². The van der Waals surface area contributed by atoms with Crippen LogP contribution in [0.3, 0.4) is 0 Å². The number of rotatable bonds is 5. The third-order valence-electron chi connectivity index (χ3n) is 3.24. The molecule has 1 aromatic carbocycles. The maximum atomic E-state index is 6.12. The predicted molar refractivity (Wildman–Crippen MR) is 79.2 cm³/mol. The number of nitrogens with zero attached hydrogens (tertiary/aromatic N) is 3. The molecule has 0 saturated heterocycles. The first-order chi connectivity index (χ1) is 10.3. The first kappa shape index (κ1) is 13.5. The molecule has 3 aromatic rings. The minimum Gasteiger partial charge on any atom is -0.337 e. The summed E-state index contributed by atoms with van der Waals surface area (Å²) in [5.74, 6) is 0.923. The number of pyridine rings is 1. The van der Waals surface area contributed by atoms with Crippen molar-refractivity contribution in [1.82, 2.24) is 15.1 Å². The third-order valence-corrected chi connectivity index (χ3v) is 3.24. The van der Waals surface area contributed by atoms with E-state index in [0.29, 0.717) is 17.4 Å². The fourth-order valence-corrected chi connectivity index (χ4v) is 2.08. The lowest BCUT2D eigenvalue weighted by molar-refractivity contribution is 0.349. The maximum absolute atomic E-state index is 6.12. The molecule has 0 radical (unpaired) electrons. The van der Waals surface area contributed by atoms with Crippen molar-refractivity contribution in [1.29, 1.82) is 0 Å². The molecule has 106 valence electrons. The summed E-state index contributed by atoms with van der Waals surface area (Å²) in [6.07, 6.45) is 3.33. The zero-order valence-electron chi connectivity index (χ0n) is 11.5. The number of aromatic nitrogens is 3. The Balaban J connectivity index is 1.66. The van der Waals surface area contributed by atoms with Gasteiger partial charge in [0.25, 0.3) is 0 Å². The molecule has 0 spiro atoms.